The topological polar surface area (TPSA) is 78.7 Å². The maximum absolute atomic E-state index is 12.2. The maximum Gasteiger partial charge on any atom is 0.257 e. The summed E-state index contributed by atoms with van der Waals surface area (Å²) in [6, 6.07) is 18.6. The fraction of sp³-hybridized carbons (Fsp3) is 0.0588. The second-order valence-electron chi connectivity index (χ2n) is 4.79. The molecule has 2 aromatic carbocycles. The molecule has 1 amide bonds. The largest absolute Gasteiger partial charge is 0.296 e. The van der Waals surface area contributed by atoms with E-state index in [9.17, 15) is 4.79 Å². The monoisotopic (exact) mass is 352 g/mol. The van der Waals surface area contributed by atoms with Crippen molar-refractivity contribution in [2.45, 2.75) is 10.1 Å². The Labute approximate surface area is 147 Å². The Hall–Kier alpha value is -2.69. The van der Waals surface area contributed by atoms with Crippen LogP contribution in [-0.2, 0) is 5.75 Å². The minimum Gasteiger partial charge on any atom is -0.296 e. The Morgan fingerprint density at radius 3 is 2.79 bits per heavy atom. The minimum absolute atomic E-state index is 0.303. The van der Waals surface area contributed by atoms with E-state index in [2.05, 4.69) is 27.6 Å². The number of anilines is 1. The van der Waals surface area contributed by atoms with Gasteiger partial charge in [-0.15, -0.1) is 10.2 Å². The summed E-state index contributed by atoms with van der Waals surface area (Å²) in [6.45, 7) is 0. The number of aromatic nitrogens is 2. The summed E-state index contributed by atoms with van der Waals surface area (Å²) in [6.07, 6.45) is 0. The van der Waals surface area contributed by atoms with Crippen LogP contribution >= 0.6 is 23.1 Å². The van der Waals surface area contributed by atoms with Crippen LogP contribution in [0.2, 0.25) is 0 Å². The average Bonchev–Trinajstić information content (AvgIpc) is 3.08. The highest BCUT2D eigenvalue weighted by Crippen LogP contribution is 2.28. The van der Waals surface area contributed by atoms with E-state index in [0.717, 1.165) is 10.1 Å². The molecule has 1 N–H and O–H groups in total. The van der Waals surface area contributed by atoms with Crippen molar-refractivity contribution >= 4 is 34.1 Å². The molecule has 0 saturated heterocycles. The van der Waals surface area contributed by atoms with Gasteiger partial charge in [0.2, 0.25) is 5.13 Å². The predicted octanol–water partition coefficient (Wildman–Crippen LogP) is 3.95. The first-order valence-electron chi connectivity index (χ1n) is 7.06. The molecule has 3 aromatic rings. The quantitative estimate of drug-likeness (QED) is 0.555. The van der Waals surface area contributed by atoms with E-state index >= 15 is 0 Å². The summed E-state index contributed by atoms with van der Waals surface area (Å²) in [5.41, 5.74) is 2.07. The number of benzene rings is 2. The zero-order valence-electron chi connectivity index (χ0n) is 12.5. The van der Waals surface area contributed by atoms with Crippen LogP contribution in [0.1, 0.15) is 21.5 Å². The van der Waals surface area contributed by atoms with E-state index in [-0.39, 0.29) is 5.91 Å². The van der Waals surface area contributed by atoms with Crippen molar-refractivity contribution in [2.75, 3.05) is 5.32 Å². The Bertz CT molecular complexity index is 887. The molecule has 118 valence electrons. The van der Waals surface area contributed by atoms with Gasteiger partial charge in [-0.3, -0.25) is 10.1 Å². The molecule has 0 saturated carbocycles. The lowest BCUT2D eigenvalue weighted by molar-refractivity contribution is 0.102. The Morgan fingerprint density at radius 1 is 1.17 bits per heavy atom. The highest BCUT2D eigenvalue weighted by atomic mass is 32.2. The van der Waals surface area contributed by atoms with Gasteiger partial charge in [0.1, 0.15) is 0 Å². The molecule has 7 heteroatoms. The lowest BCUT2D eigenvalue weighted by Gasteiger charge is -2.01. The minimum atomic E-state index is -0.303. The number of rotatable bonds is 5. The van der Waals surface area contributed by atoms with Gasteiger partial charge in [0.05, 0.1) is 11.6 Å². The zero-order valence-corrected chi connectivity index (χ0v) is 14.1. The van der Waals surface area contributed by atoms with Gasteiger partial charge >= 0.3 is 0 Å². The van der Waals surface area contributed by atoms with Crippen molar-refractivity contribution < 1.29 is 4.79 Å². The van der Waals surface area contributed by atoms with Gasteiger partial charge in [-0.05, 0) is 23.8 Å². The van der Waals surface area contributed by atoms with Crippen molar-refractivity contribution in [3.63, 3.8) is 0 Å². The van der Waals surface area contributed by atoms with Crippen molar-refractivity contribution in [3.05, 3.63) is 71.3 Å². The van der Waals surface area contributed by atoms with Gasteiger partial charge < -0.3 is 0 Å². The molecule has 0 aliphatic carbocycles. The van der Waals surface area contributed by atoms with Crippen LogP contribution in [0.5, 0.6) is 0 Å². The van der Waals surface area contributed by atoms with Crippen molar-refractivity contribution in [1.29, 1.82) is 5.26 Å². The van der Waals surface area contributed by atoms with Gasteiger partial charge in [0, 0.05) is 11.3 Å². The van der Waals surface area contributed by atoms with Crippen LogP contribution in [0, 0.1) is 11.3 Å². The molecule has 0 aliphatic rings. The molecule has 1 heterocycles. The SMILES string of the molecule is N#Cc1cccc(C(=O)Nc2nnc(SCc3ccccc3)s2)c1. The highest BCUT2D eigenvalue weighted by Gasteiger charge is 2.11. The third kappa shape index (κ3) is 4.19. The molecule has 5 nitrogen and oxygen atoms in total. The number of thioether (sulfide) groups is 1. The fourth-order valence-corrected chi connectivity index (χ4v) is 3.64. The average molecular weight is 352 g/mol. The van der Waals surface area contributed by atoms with E-state index in [1.165, 1.54) is 16.9 Å². The smallest absolute Gasteiger partial charge is 0.257 e. The van der Waals surface area contributed by atoms with Gasteiger partial charge in [0.25, 0.3) is 5.91 Å². The molecule has 0 fully saturated rings. The normalized spacial score (nSPS) is 10.1. The number of carbonyl (C=O) groups excluding carboxylic acids is 1. The first kappa shape index (κ1) is 16.2. The second-order valence-corrected chi connectivity index (χ2v) is 6.99. The first-order chi connectivity index (χ1) is 11.7. The summed E-state index contributed by atoms with van der Waals surface area (Å²) in [5.74, 6) is 0.496. The van der Waals surface area contributed by atoms with Crippen LogP contribution in [0.15, 0.2) is 58.9 Å². The highest BCUT2D eigenvalue weighted by molar-refractivity contribution is 8.00. The molecule has 0 spiro atoms. The number of amides is 1. The van der Waals surface area contributed by atoms with Crippen LogP contribution in [0.25, 0.3) is 0 Å². The number of nitriles is 1. The number of hydrogen-bond acceptors (Lipinski definition) is 6. The molecule has 0 aliphatic heterocycles. The van der Waals surface area contributed by atoms with E-state index in [1.54, 1.807) is 36.0 Å². The van der Waals surface area contributed by atoms with Crippen LogP contribution in [0.4, 0.5) is 5.13 Å². The summed E-state index contributed by atoms with van der Waals surface area (Å²) in [5, 5.41) is 20.1. The molecule has 0 unspecified atom stereocenters. The number of nitrogens with zero attached hydrogens (tertiary/aromatic N) is 3. The lowest BCUT2D eigenvalue weighted by Crippen LogP contribution is -2.11. The molecule has 3 rings (SSSR count). The molecule has 1 aromatic heterocycles. The van der Waals surface area contributed by atoms with E-state index in [0.29, 0.717) is 16.3 Å². The number of hydrogen-bond donors (Lipinski definition) is 1. The van der Waals surface area contributed by atoms with Crippen molar-refractivity contribution in [3.8, 4) is 6.07 Å². The third-order valence-electron chi connectivity index (χ3n) is 3.09. The van der Waals surface area contributed by atoms with Gasteiger partial charge in [-0.2, -0.15) is 5.26 Å². The lowest BCUT2D eigenvalue weighted by atomic mass is 10.1. The van der Waals surface area contributed by atoms with E-state index < -0.39 is 0 Å². The van der Waals surface area contributed by atoms with Gasteiger partial charge in [-0.1, -0.05) is 59.5 Å². The van der Waals surface area contributed by atoms with Crippen molar-refractivity contribution in [1.82, 2.24) is 10.2 Å². The summed E-state index contributed by atoms with van der Waals surface area (Å²) in [4.78, 5) is 12.2. The van der Waals surface area contributed by atoms with E-state index in [1.807, 2.05) is 24.3 Å². The van der Waals surface area contributed by atoms with E-state index in [4.69, 9.17) is 5.26 Å². The predicted molar refractivity (Wildman–Crippen MR) is 95.0 cm³/mol. The van der Waals surface area contributed by atoms with Crippen LogP contribution < -0.4 is 5.32 Å². The van der Waals surface area contributed by atoms with Gasteiger partial charge in [-0.25, -0.2) is 0 Å². The summed E-state index contributed by atoms with van der Waals surface area (Å²) in [7, 11) is 0. The van der Waals surface area contributed by atoms with Crippen molar-refractivity contribution in [2.24, 2.45) is 0 Å². The summed E-state index contributed by atoms with van der Waals surface area (Å²) < 4.78 is 0.792. The summed E-state index contributed by atoms with van der Waals surface area (Å²) >= 11 is 2.90. The fourth-order valence-electron chi connectivity index (χ4n) is 1.94. The molecule has 0 radical (unpaired) electrons. The molecule has 0 atom stereocenters. The zero-order chi connectivity index (χ0) is 16.8. The Kier molecular flexibility index (Phi) is 5.21. The molecule has 24 heavy (non-hydrogen) atoms. The van der Waals surface area contributed by atoms with Crippen LogP contribution in [0.3, 0.4) is 0 Å². The Morgan fingerprint density at radius 2 is 2.00 bits per heavy atom. The van der Waals surface area contributed by atoms with Gasteiger partial charge in [0.15, 0.2) is 4.34 Å². The maximum atomic E-state index is 12.2. The van der Waals surface area contributed by atoms with Crippen LogP contribution in [-0.4, -0.2) is 16.1 Å². The number of nitrogens with one attached hydrogen (secondary N) is 1. The molecular formula is C17H12N4OS2. The third-order valence-corrected chi connectivity index (χ3v) is 5.13. The standard InChI is InChI=1S/C17H12N4OS2/c18-10-13-7-4-8-14(9-13)15(22)19-16-20-21-17(24-16)23-11-12-5-2-1-3-6-12/h1-9H,11H2,(H,19,20,22). The number of carbonyl (C=O) groups is 1. The first-order valence-corrected chi connectivity index (χ1v) is 8.86. The second kappa shape index (κ2) is 7.73. The molecule has 0 bridgehead atoms. The Balaban J connectivity index is 1.61. The molecular weight excluding hydrogens is 340 g/mol.